The van der Waals surface area contributed by atoms with E-state index in [9.17, 15) is 0 Å². The van der Waals surface area contributed by atoms with Crippen molar-refractivity contribution in [2.24, 2.45) is 0 Å². The third-order valence-electron chi connectivity index (χ3n) is 3.18. The Labute approximate surface area is 106 Å². The van der Waals surface area contributed by atoms with Crippen LogP contribution in [0.4, 0.5) is 0 Å². The molecule has 3 rings (SSSR count). The minimum absolute atomic E-state index is 0.886. The molecule has 0 aliphatic heterocycles. The summed E-state index contributed by atoms with van der Waals surface area (Å²) in [4.78, 5) is 0. The maximum absolute atomic E-state index is 5.28. The summed E-state index contributed by atoms with van der Waals surface area (Å²) in [6.45, 7) is 0.886. The van der Waals surface area contributed by atoms with Crippen molar-refractivity contribution < 1.29 is 4.74 Å². The molecule has 3 aromatic rings. The lowest BCUT2D eigenvalue weighted by Crippen LogP contribution is -1.97. The number of aromatic nitrogens is 1. The van der Waals surface area contributed by atoms with Gasteiger partial charge in [0.05, 0.1) is 12.6 Å². The van der Waals surface area contributed by atoms with Crippen molar-refractivity contribution in [2.75, 3.05) is 7.11 Å². The van der Waals surface area contributed by atoms with Crippen molar-refractivity contribution in [1.82, 2.24) is 4.57 Å². The number of hydrogen-bond donors (Lipinski definition) is 0. The summed E-state index contributed by atoms with van der Waals surface area (Å²) in [6, 6.07) is 18.8. The Bertz CT molecular complexity index is 655. The van der Waals surface area contributed by atoms with Gasteiger partial charge in [-0.15, -0.1) is 0 Å². The first kappa shape index (κ1) is 10.9. The van der Waals surface area contributed by atoms with Crippen LogP contribution in [0, 0.1) is 0 Å². The van der Waals surface area contributed by atoms with Crippen molar-refractivity contribution in [2.45, 2.75) is 6.54 Å². The number of ether oxygens (including phenoxy) is 1. The second kappa shape index (κ2) is 4.57. The van der Waals surface area contributed by atoms with Gasteiger partial charge in [-0.2, -0.15) is 0 Å². The Morgan fingerprint density at radius 1 is 1.00 bits per heavy atom. The van der Waals surface area contributed by atoms with E-state index in [-0.39, 0.29) is 0 Å². The lowest BCUT2D eigenvalue weighted by Gasteiger charge is -2.06. The molecule has 0 aliphatic carbocycles. The lowest BCUT2D eigenvalue weighted by atomic mass is 10.2. The number of benzene rings is 2. The van der Waals surface area contributed by atoms with E-state index >= 15 is 0 Å². The van der Waals surface area contributed by atoms with Gasteiger partial charge in [0.15, 0.2) is 0 Å². The van der Waals surface area contributed by atoms with Crippen LogP contribution in [-0.4, -0.2) is 11.7 Å². The minimum Gasteiger partial charge on any atom is -0.497 e. The topological polar surface area (TPSA) is 14.2 Å². The number of fused-ring (bicyclic) bond motifs is 1. The quantitative estimate of drug-likeness (QED) is 0.677. The third kappa shape index (κ3) is 1.97. The van der Waals surface area contributed by atoms with E-state index in [1.54, 1.807) is 7.11 Å². The van der Waals surface area contributed by atoms with Gasteiger partial charge >= 0.3 is 0 Å². The molecule has 2 aromatic carbocycles. The SMILES string of the molecule is COc1ccc2ccn(Cc3ccccc3)c2c1. The van der Waals surface area contributed by atoms with Crippen LogP contribution in [-0.2, 0) is 6.54 Å². The van der Waals surface area contributed by atoms with Crippen molar-refractivity contribution in [3.63, 3.8) is 0 Å². The van der Waals surface area contributed by atoms with Crippen molar-refractivity contribution >= 4 is 10.9 Å². The summed E-state index contributed by atoms with van der Waals surface area (Å²) in [5.74, 6) is 0.899. The molecule has 0 aliphatic rings. The number of hydrogen-bond acceptors (Lipinski definition) is 1. The fourth-order valence-corrected chi connectivity index (χ4v) is 2.21. The molecular weight excluding hydrogens is 222 g/mol. The molecule has 0 N–H and O–H groups in total. The molecule has 0 fully saturated rings. The van der Waals surface area contributed by atoms with Crippen LogP contribution < -0.4 is 4.74 Å². The van der Waals surface area contributed by atoms with Crippen LogP contribution >= 0.6 is 0 Å². The molecule has 0 atom stereocenters. The van der Waals surface area contributed by atoms with Gasteiger partial charge in [0.2, 0.25) is 0 Å². The number of methoxy groups -OCH3 is 1. The van der Waals surface area contributed by atoms with Gasteiger partial charge in [0, 0.05) is 18.8 Å². The summed E-state index contributed by atoms with van der Waals surface area (Å²) >= 11 is 0. The predicted molar refractivity (Wildman–Crippen MR) is 74.0 cm³/mol. The van der Waals surface area contributed by atoms with Gasteiger partial charge in [-0.3, -0.25) is 0 Å². The van der Waals surface area contributed by atoms with Crippen LogP contribution in [0.3, 0.4) is 0 Å². The molecule has 0 saturated carbocycles. The Morgan fingerprint density at radius 2 is 1.83 bits per heavy atom. The summed E-state index contributed by atoms with van der Waals surface area (Å²) in [6.07, 6.45) is 2.12. The van der Waals surface area contributed by atoms with Crippen LogP contribution in [0.2, 0.25) is 0 Å². The van der Waals surface area contributed by atoms with E-state index in [1.807, 2.05) is 12.1 Å². The molecule has 1 heterocycles. The average Bonchev–Trinajstić information content (AvgIpc) is 2.82. The summed E-state index contributed by atoms with van der Waals surface area (Å²) in [5.41, 5.74) is 2.51. The smallest absolute Gasteiger partial charge is 0.120 e. The van der Waals surface area contributed by atoms with Crippen LogP contribution in [0.15, 0.2) is 60.8 Å². The molecule has 0 saturated heterocycles. The molecule has 0 amide bonds. The fourth-order valence-electron chi connectivity index (χ4n) is 2.21. The first-order chi connectivity index (χ1) is 8.86. The molecule has 0 radical (unpaired) electrons. The van der Waals surface area contributed by atoms with Gasteiger partial charge in [-0.25, -0.2) is 0 Å². The Morgan fingerprint density at radius 3 is 2.61 bits per heavy atom. The highest BCUT2D eigenvalue weighted by molar-refractivity contribution is 5.81. The Kier molecular flexibility index (Phi) is 2.77. The maximum Gasteiger partial charge on any atom is 0.120 e. The first-order valence-corrected chi connectivity index (χ1v) is 6.03. The largest absolute Gasteiger partial charge is 0.497 e. The zero-order valence-corrected chi connectivity index (χ0v) is 10.3. The highest BCUT2D eigenvalue weighted by Crippen LogP contribution is 2.22. The van der Waals surface area contributed by atoms with Gasteiger partial charge < -0.3 is 9.30 Å². The van der Waals surface area contributed by atoms with E-state index < -0.39 is 0 Å². The zero-order valence-electron chi connectivity index (χ0n) is 10.3. The summed E-state index contributed by atoms with van der Waals surface area (Å²) < 4.78 is 7.53. The average molecular weight is 237 g/mol. The molecule has 0 spiro atoms. The third-order valence-corrected chi connectivity index (χ3v) is 3.18. The highest BCUT2D eigenvalue weighted by atomic mass is 16.5. The standard InChI is InChI=1S/C16H15NO/c1-18-15-8-7-14-9-10-17(16(14)11-15)12-13-5-3-2-4-6-13/h2-11H,12H2,1H3. The molecule has 2 nitrogen and oxygen atoms in total. The highest BCUT2D eigenvalue weighted by Gasteiger charge is 2.03. The predicted octanol–water partition coefficient (Wildman–Crippen LogP) is 3.70. The second-order valence-corrected chi connectivity index (χ2v) is 4.35. The van der Waals surface area contributed by atoms with E-state index in [0.29, 0.717) is 0 Å². The monoisotopic (exact) mass is 237 g/mol. The first-order valence-electron chi connectivity index (χ1n) is 6.03. The van der Waals surface area contributed by atoms with E-state index in [1.165, 1.54) is 16.5 Å². The number of nitrogens with zero attached hydrogens (tertiary/aromatic N) is 1. The Balaban J connectivity index is 2.01. The molecule has 0 bridgehead atoms. The van der Waals surface area contributed by atoms with Crippen LogP contribution in [0.1, 0.15) is 5.56 Å². The summed E-state index contributed by atoms with van der Waals surface area (Å²) in [5, 5.41) is 1.24. The second-order valence-electron chi connectivity index (χ2n) is 4.35. The van der Waals surface area contributed by atoms with E-state index in [0.717, 1.165) is 12.3 Å². The maximum atomic E-state index is 5.28. The molecule has 90 valence electrons. The Hall–Kier alpha value is -2.22. The van der Waals surface area contributed by atoms with Gasteiger partial charge in [-0.1, -0.05) is 30.3 Å². The zero-order chi connectivity index (χ0) is 12.4. The van der Waals surface area contributed by atoms with Gasteiger partial charge in [0.25, 0.3) is 0 Å². The van der Waals surface area contributed by atoms with Crippen molar-refractivity contribution in [3.05, 3.63) is 66.4 Å². The van der Waals surface area contributed by atoms with Crippen molar-refractivity contribution in [1.29, 1.82) is 0 Å². The molecule has 18 heavy (non-hydrogen) atoms. The summed E-state index contributed by atoms with van der Waals surface area (Å²) in [7, 11) is 1.70. The van der Waals surface area contributed by atoms with Crippen molar-refractivity contribution in [3.8, 4) is 5.75 Å². The van der Waals surface area contributed by atoms with Gasteiger partial charge in [0.1, 0.15) is 5.75 Å². The normalized spacial score (nSPS) is 10.7. The van der Waals surface area contributed by atoms with E-state index in [2.05, 4.69) is 53.2 Å². The molecule has 2 heteroatoms. The van der Waals surface area contributed by atoms with E-state index in [4.69, 9.17) is 4.74 Å². The van der Waals surface area contributed by atoms with Gasteiger partial charge in [-0.05, 0) is 29.1 Å². The van der Waals surface area contributed by atoms with Crippen LogP contribution in [0.25, 0.3) is 10.9 Å². The lowest BCUT2D eigenvalue weighted by molar-refractivity contribution is 0.415. The fraction of sp³-hybridized carbons (Fsp3) is 0.125. The molecule has 1 aromatic heterocycles. The van der Waals surface area contributed by atoms with Crippen LogP contribution in [0.5, 0.6) is 5.75 Å². The molecule has 0 unspecified atom stereocenters. The number of rotatable bonds is 3. The molecular formula is C16H15NO. The minimum atomic E-state index is 0.886.